The van der Waals surface area contributed by atoms with Crippen LogP contribution in [0.15, 0.2) is 6.07 Å². The van der Waals surface area contributed by atoms with Crippen LogP contribution in [0, 0.1) is 5.92 Å². The average molecular weight is 209 g/mol. The second kappa shape index (κ2) is 5.91. The maximum absolute atomic E-state index is 5.89. The minimum absolute atomic E-state index is 0.241. The van der Waals surface area contributed by atoms with E-state index in [1.165, 1.54) is 12.1 Å². The van der Waals surface area contributed by atoms with Crippen molar-refractivity contribution in [3.05, 3.63) is 17.5 Å². The summed E-state index contributed by atoms with van der Waals surface area (Å²) >= 11 is 0. The molecule has 1 rings (SSSR count). The minimum Gasteiger partial charge on any atom is -0.327 e. The second-order valence-electron chi connectivity index (χ2n) is 4.47. The van der Waals surface area contributed by atoms with Crippen LogP contribution in [0.5, 0.6) is 0 Å². The summed E-state index contributed by atoms with van der Waals surface area (Å²) in [6, 6.07) is 2.39. The molecule has 15 heavy (non-hydrogen) atoms. The molecule has 3 N–H and O–H groups in total. The molecule has 86 valence electrons. The number of rotatable bonds is 6. The SMILES string of the molecule is CCC(C)Cc1cc(CC(N)CC)n[nH]1. The Hall–Kier alpha value is -0.830. The Kier molecular flexibility index (Phi) is 4.82. The maximum atomic E-state index is 5.89. The van der Waals surface area contributed by atoms with Crippen LogP contribution in [0.2, 0.25) is 0 Å². The number of nitrogens with zero attached hydrogens (tertiary/aromatic N) is 1. The molecule has 0 aliphatic rings. The third-order valence-electron chi connectivity index (χ3n) is 2.94. The van der Waals surface area contributed by atoms with Gasteiger partial charge in [0.2, 0.25) is 0 Å². The summed E-state index contributed by atoms with van der Waals surface area (Å²) in [5, 5.41) is 7.38. The molecular weight excluding hydrogens is 186 g/mol. The van der Waals surface area contributed by atoms with Gasteiger partial charge in [-0.3, -0.25) is 5.10 Å². The van der Waals surface area contributed by atoms with E-state index in [4.69, 9.17) is 5.73 Å². The van der Waals surface area contributed by atoms with Crippen LogP contribution < -0.4 is 5.73 Å². The molecule has 1 aromatic rings. The first-order valence-electron chi connectivity index (χ1n) is 5.94. The van der Waals surface area contributed by atoms with Gasteiger partial charge in [0.1, 0.15) is 0 Å². The number of nitrogens with two attached hydrogens (primary N) is 1. The molecule has 0 bridgehead atoms. The van der Waals surface area contributed by atoms with Gasteiger partial charge in [0.05, 0.1) is 5.69 Å². The van der Waals surface area contributed by atoms with Crippen molar-refractivity contribution in [2.24, 2.45) is 11.7 Å². The summed E-state index contributed by atoms with van der Waals surface area (Å²) in [7, 11) is 0. The number of hydrogen-bond donors (Lipinski definition) is 2. The minimum atomic E-state index is 0.241. The largest absolute Gasteiger partial charge is 0.327 e. The van der Waals surface area contributed by atoms with Gasteiger partial charge >= 0.3 is 0 Å². The van der Waals surface area contributed by atoms with Gasteiger partial charge in [-0.05, 0) is 24.8 Å². The summed E-state index contributed by atoms with van der Waals surface area (Å²) in [6.07, 6.45) is 4.19. The third-order valence-corrected chi connectivity index (χ3v) is 2.94. The van der Waals surface area contributed by atoms with Gasteiger partial charge in [-0.25, -0.2) is 0 Å². The predicted molar refractivity (Wildman–Crippen MR) is 63.7 cm³/mol. The van der Waals surface area contributed by atoms with Gasteiger partial charge < -0.3 is 5.73 Å². The molecule has 0 aliphatic heterocycles. The van der Waals surface area contributed by atoms with Gasteiger partial charge in [0.15, 0.2) is 0 Å². The van der Waals surface area contributed by atoms with Crippen LogP contribution in [0.25, 0.3) is 0 Å². The molecule has 1 heterocycles. The lowest BCUT2D eigenvalue weighted by Crippen LogP contribution is -2.21. The number of hydrogen-bond acceptors (Lipinski definition) is 2. The van der Waals surface area contributed by atoms with Crippen molar-refractivity contribution < 1.29 is 0 Å². The highest BCUT2D eigenvalue weighted by molar-refractivity contribution is 5.10. The van der Waals surface area contributed by atoms with Crippen molar-refractivity contribution in [1.29, 1.82) is 0 Å². The van der Waals surface area contributed by atoms with Gasteiger partial charge in [-0.1, -0.05) is 27.2 Å². The van der Waals surface area contributed by atoms with Crippen molar-refractivity contribution in [1.82, 2.24) is 10.2 Å². The number of nitrogens with one attached hydrogen (secondary N) is 1. The molecule has 2 atom stereocenters. The zero-order valence-electron chi connectivity index (χ0n) is 10.1. The molecule has 0 saturated carbocycles. The third kappa shape index (κ3) is 4.04. The van der Waals surface area contributed by atoms with Crippen LogP contribution in [-0.4, -0.2) is 16.2 Å². The Morgan fingerprint density at radius 3 is 2.67 bits per heavy atom. The van der Waals surface area contributed by atoms with Crippen molar-refractivity contribution in [3.63, 3.8) is 0 Å². The number of aromatic nitrogens is 2. The summed E-state index contributed by atoms with van der Waals surface area (Å²) < 4.78 is 0. The standard InChI is InChI=1S/C12H23N3/c1-4-9(3)6-11-8-12(15-14-11)7-10(13)5-2/h8-10H,4-7,13H2,1-3H3,(H,14,15). The lowest BCUT2D eigenvalue weighted by molar-refractivity contribution is 0.552. The van der Waals surface area contributed by atoms with E-state index >= 15 is 0 Å². The molecule has 0 spiro atoms. The molecule has 0 saturated heterocycles. The molecular formula is C12H23N3. The fourth-order valence-corrected chi connectivity index (χ4v) is 1.55. The van der Waals surface area contributed by atoms with Crippen molar-refractivity contribution in [3.8, 4) is 0 Å². The zero-order chi connectivity index (χ0) is 11.3. The fourth-order valence-electron chi connectivity index (χ4n) is 1.55. The molecule has 0 aromatic carbocycles. The highest BCUT2D eigenvalue weighted by Gasteiger charge is 2.07. The van der Waals surface area contributed by atoms with Gasteiger partial charge in [-0.2, -0.15) is 5.10 Å². The van der Waals surface area contributed by atoms with Crippen LogP contribution in [-0.2, 0) is 12.8 Å². The van der Waals surface area contributed by atoms with E-state index in [-0.39, 0.29) is 6.04 Å². The Morgan fingerprint density at radius 2 is 2.07 bits per heavy atom. The lowest BCUT2D eigenvalue weighted by atomic mass is 10.0. The smallest absolute Gasteiger partial charge is 0.0640 e. The van der Waals surface area contributed by atoms with Crippen molar-refractivity contribution in [2.75, 3.05) is 0 Å². The fraction of sp³-hybridized carbons (Fsp3) is 0.750. The van der Waals surface area contributed by atoms with E-state index in [9.17, 15) is 0 Å². The molecule has 0 radical (unpaired) electrons. The normalized spacial score (nSPS) is 15.2. The topological polar surface area (TPSA) is 54.7 Å². The summed E-state index contributed by atoms with van der Waals surface area (Å²) in [5.41, 5.74) is 8.23. The summed E-state index contributed by atoms with van der Waals surface area (Å²) in [6.45, 7) is 6.59. The highest BCUT2D eigenvalue weighted by atomic mass is 15.1. The number of aromatic amines is 1. The van der Waals surface area contributed by atoms with Crippen LogP contribution in [0.4, 0.5) is 0 Å². The molecule has 0 amide bonds. The Labute approximate surface area is 92.5 Å². The van der Waals surface area contributed by atoms with E-state index < -0.39 is 0 Å². The summed E-state index contributed by atoms with van der Waals surface area (Å²) in [4.78, 5) is 0. The Bertz CT molecular complexity index is 254. The highest BCUT2D eigenvalue weighted by Crippen LogP contribution is 2.11. The van der Waals surface area contributed by atoms with E-state index in [2.05, 4.69) is 37.0 Å². The first-order valence-corrected chi connectivity index (χ1v) is 5.94. The molecule has 2 unspecified atom stereocenters. The first kappa shape index (κ1) is 12.2. The van der Waals surface area contributed by atoms with E-state index in [0.717, 1.165) is 30.9 Å². The predicted octanol–water partition coefficient (Wildman–Crippen LogP) is 2.28. The second-order valence-corrected chi connectivity index (χ2v) is 4.47. The molecule has 3 nitrogen and oxygen atoms in total. The lowest BCUT2D eigenvalue weighted by Gasteiger charge is -2.05. The molecule has 1 aromatic heterocycles. The van der Waals surface area contributed by atoms with Gasteiger partial charge in [0, 0.05) is 18.2 Å². The Balaban J connectivity index is 2.49. The van der Waals surface area contributed by atoms with Crippen molar-refractivity contribution in [2.45, 2.75) is 52.5 Å². The number of H-pyrrole nitrogens is 1. The quantitative estimate of drug-likeness (QED) is 0.755. The van der Waals surface area contributed by atoms with E-state index in [1.807, 2.05) is 0 Å². The van der Waals surface area contributed by atoms with Crippen LogP contribution in [0.3, 0.4) is 0 Å². The molecule has 3 heteroatoms. The zero-order valence-corrected chi connectivity index (χ0v) is 10.1. The monoisotopic (exact) mass is 209 g/mol. The van der Waals surface area contributed by atoms with Gasteiger partial charge in [0.25, 0.3) is 0 Å². The van der Waals surface area contributed by atoms with Gasteiger partial charge in [-0.15, -0.1) is 0 Å². The van der Waals surface area contributed by atoms with Crippen LogP contribution >= 0.6 is 0 Å². The van der Waals surface area contributed by atoms with E-state index in [1.54, 1.807) is 0 Å². The van der Waals surface area contributed by atoms with E-state index in [0.29, 0.717) is 0 Å². The molecule has 0 aliphatic carbocycles. The Morgan fingerprint density at radius 1 is 1.33 bits per heavy atom. The maximum Gasteiger partial charge on any atom is 0.0640 e. The average Bonchev–Trinajstić information content (AvgIpc) is 2.65. The molecule has 0 fully saturated rings. The van der Waals surface area contributed by atoms with Crippen LogP contribution in [0.1, 0.15) is 45.0 Å². The summed E-state index contributed by atoms with van der Waals surface area (Å²) in [5.74, 6) is 0.721. The first-order chi connectivity index (χ1) is 7.15. The van der Waals surface area contributed by atoms with Crippen molar-refractivity contribution >= 4 is 0 Å².